The van der Waals surface area contributed by atoms with Crippen molar-refractivity contribution in [2.45, 2.75) is 32.4 Å². The molecule has 1 aromatic carbocycles. The van der Waals surface area contributed by atoms with Crippen LogP contribution in [-0.2, 0) is 0 Å². The highest BCUT2D eigenvalue weighted by Crippen LogP contribution is 2.32. The molecule has 0 aliphatic carbocycles. The lowest BCUT2D eigenvalue weighted by Crippen LogP contribution is -2.35. The van der Waals surface area contributed by atoms with Crippen molar-refractivity contribution in [2.24, 2.45) is 0 Å². The predicted octanol–water partition coefficient (Wildman–Crippen LogP) is 2.52. The van der Waals surface area contributed by atoms with Crippen LogP contribution in [0, 0.1) is 6.42 Å². The van der Waals surface area contributed by atoms with E-state index in [-0.39, 0.29) is 6.23 Å². The maximum Gasteiger partial charge on any atom is 0.127 e. The zero-order valence-corrected chi connectivity index (χ0v) is 9.57. The van der Waals surface area contributed by atoms with Gasteiger partial charge in [-0.1, -0.05) is 26.0 Å². The molecule has 1 heterocycles. The van der Waals surface area contributed by atoms with Gasteiger partial charge in [0.15, 0.2) is 0 Å². The first kappa shape index (κ1) is 10.5. The monoisotopic (exact) mass is 204 g/mol. The van der Waals surface area contributed by atoms with E-state index < -0.39 is 0 Å². The summed E-state index contributed by atoms with van der Waals surface area (Å²) in [4.78, 5) is 1.93. The Morgan fingerprint density at radius 3 is 2.80 bits per heavy atom. The molecule has 0 saturated heterocycles. The topological polar surface area (TPSA) is 23.5 Å². The quantitative estimate of drug-likeness (QED) is 0.759. The Labute approximate surface area is 91.5 Å². The maximum atomic E-state index is 9.70. The van der Waals surface area contributed by atoms with Crippen molar-refractivity contribution in [1.29, 1.82) is 0 Å². The molecule has 1 unspecified atom stereocenters. The van der Waals surface area contributed by atoms with Gasteiger partial charge in [-0.25, -0.2) is 0 Å². The number of hydrogen-bond donors (Lipinski definition) is 1. The minimum absolute atomic E-state index is 0.373. The Kier molecular flexibility index (Phi) is 2.70. The van der Waals surface area contributed by atoms with Gasteiger partial charge < -0.3 is 10.0 Å². The molecule has 2 nitrogen and oxygen atoms in total. The Morgan fingerprint density at radius 1 is 1.40 bits per heavy atom. The van der Waals surface area contributed by atoms with Gasteiger partial charge in [-0.2, -0.15) is 0 Å². The van der Waals surface area contributed by atoms with Crippen molar-refractivity contribution in [3.05, 3.63) is 35.7 Å². The molecular formula is C13H18NO. The summed E-state index contributed by atoms with van der Waals surface area (Å²) in [6.45, 7) is 4.40. The number of nitrogens with zero attached hydrogens (tertiary/aromatic N) is 1. The molecule has 15 heavy (non-hydrogen) atoms. The minimum atomic E-state index is -0.373. The van der Waals surface area contributed by atoms with Crippen molar-refractivity contribution in [2.75, 3.05) is 11.9 Å². The Hall–Kier alpha value is -1.02. The highest BCUT2D eigenvalue weighted by molar-refractivity contribution is 5.60. The third-order valence-electron chi connectivity index (χ3n) is 3.09. The number of benzene rings is 1. The SMILES string of the molecule is CC(C)c1ccc2c(c1)[CH]CC(O)N2C. The van der Waals surface area contributed by atoms with Gasteiger partial charge in [0.05, 0.1) is 0 Å². The van der Waals surface area contributed by atoms with Gasteiger partial charge in [-0.3, -0.25) is 0 Å². The molecule has 1 aliphatic rings. The van der Waals surface area contributed by atoms with Crippen molar-refractivity contribution in [1.82, 2.24) is 0 Å². The first-order valence-electron chi connectivity index (χ1n) is 5.47. The number of aliphatic hydroxyl groups excluding tert-OH is 1. The molecule has 1 aliphatic heterocycles. The van der Waals surface area contributed by atoms with Gasteiger partial charge in [-0.15, -0.1) is 0 Å². The summed E-state index contributed by atoms with van der Waals surface area (Å²) >= 11 is 0. The molecular weight excluding hydrogens is 186 g/mol. The number of rotatable bonds is 1. The highest BCUT2D eigenvalue weighted by Gasteiger charge is 2.21. The number of aliphatic hydroxyl groups is 1. The van der Waals surface area contributed by atoms with Crippen LogP contribution in [0.25, 0.3) is 0 Å². The molecule has 1 radical (unpaired) electrons. The summed E-state index contributed by atoms with van der Waals surface area (Å²) in [6, 6.07) is 6.47. The second-order valence-corrected chi connectivity index (χ2v) is 4.50. The van der Waals surface area contributed by atoms with E-state index in [1.54, 1.807) is 0 Å². The van der Waals surface area contributed by atoms with Gasteiger partial charge in [0, 0.05) is 12.7 Å². The summed E-state index contributed by atoms with van der Waals surface area (Å²) < 4.78 is 0. The van der Waals surface area contributed by atoms with Gasteiger partial charge in [0.1, 0.15) is 6.23 Å². The first-order chi connectivity index (χ1) is 7.09. The summed E-state index contributed by atoms with van der Waals surface area (Å²) in [6.07, 6.45) is 2.46. The van der Waals surface area contributed by atoms with Crippen LogP contribution in [0.5, 0.6) is 0 Å². The van der Waals surface area contributed by atoms with Crippen molar-refractivity contribution < 1.29 is 5.11 Å². The molecule has 81 valence electrons. The van der Waals surface area contributed by atoms with Crippen molar-refractivity contribution >= 4 is 5.69 Å². The molecule has 0 spiro atoms. The molecule has 1 atom stereocenters. The Balaban J connectivity index is 2.38. The Bertz CT molecular complexity index is 360. The summed E-state index contributed by atoms with van der Waals surface area (Å²) in [7, 11) is 1.94. The lowest BCUT2D eigenvalue weighted by molar-refractivity contribution is 0.171. The second kappa shape index (κ2) is 3.86. The van der Waals surface area contributed by atoms with E-state index in [1.165, 1.54) is 11.1 Å². The van der Waals surface area contributed by atoms with E-state index in [4.69, 9.17) is 0 Å². The zero-order chi connectivity index (χ0) is 11.0. The fourth-order valence-corrected chi connectivity index (χ4v) is 1.97. The fraction of sp³-hybridized carbons (Fsp3) is 0.462. The maximum absolute atomic E-state index is 9.70. The molecule has 1 N–H and O–H groups in total. The van der Waals surface area contributed by atoms with Gasteiger partial charge in [0.25, 0.3) is 0 Å². The number of fused-ring (bicyclic) bond motifs is 1. The van der Waals surface area contributed by atoms with E-state index >= 15 is 0 Å². The molecule has 1 aromatic rings. The van der Waals surface area contributed by atoms with Gasteiger partial charge in [-0.05, 0) is 36.0 Å². The molecule has 2 rings (SSSR count). The van der Waals surface area contributed by atoms with E-state index in [0.29, 0.717) is 12.3 Å². The fourth-order valence-electron chi connectivity index (χ4n) is 1.97. The summed E-state index contributed by atoms with van der Waals surface area (Å²) in [5.41, 5.74) is 3.72. The average Bonchev–Trinajstić information content (AvgIpc) is 2.23. The molecule has 0 aromatic heterocycles. The first-order valence-corrected chi connectivity index (χ1v) is 5.47. The summed E-state index contributed by atoms with van der Waals surface area (Å²) in [5, 5.41) is 9.70. The second-order valence-electron chi connectivity index (χ2n) is 4.50. The minimum Gasteiger partial charge on any atom is -0.374 e. The standard InChI is InChI=1S/C13H18NO/c1-9(2)10-4-6-12-11(8-10)5-7-13(15)14(12)3/h4-6,8-9,13,15H,7H2,1-3H3. The molecule has 0 bridgehead atoms. The van der Waals surface area contributed by atoms with E-state index in [0.717, 1.165) is 5.69 Å². The van der Waals surface area contributed by atoms with Crippen LogP contribution in [0.3, 0.4) is 0 Å². The average molecular weight is 204 g/mol. The van der Waals surface area contributed by atoms with Gasteiger partial charge in [0.2, 0.25) is 0 Å². The number of anilines is 1. The van der Waals surface area contributed by atoms with Crippen LogP contribution >= 0.6 is 0 Å². The van der Waals surface area contributed by atoms with Gasteiger partial charge >= 0.3 is 0 Å². The molecule has 2 heteroatoms. The molecule has 0 fully saturated rings. The summed E-state index contributed by atoms with van der Waals surface area (Å²) in [5.74, 6) is 0.556. The van der Waals surface area contributed by atoms with Crippen molar-refractivity contribution in [3.63, 3.8) is 0 Å². The van der Waals surface area contributed by atoms with Crippen LogP contribution in [0.2, 0.25) is 0 Å². The normalized spacial score (nSPS) is 20.6. The van der Waals surface area contributed by atoms with Crippen LogP contribution in [-0.4, -0.2) is 18.4 Å². The van der Waals surface area contributed by atoms with Crippen LogP contribution in [0.1, 0.15) is 37.3 Å². The lowest BCUT2D eigenvalue weighted by atomic mass is 9.94. The van der Waals surface area contributed by atoms with Crippen LogP contribution in [0.4, 0.5) is 5.69 Å². The zero-order valence-electron chi connectivity index (χ0n) is 9.57. The van der Waals surface area contributed by atoms with E-state index in [2.05, 4.69) is 38.5 Å². The number of hydrogen-bond acceptors (Lipinski definition) is 2. The highest BCUT2D eigenvalue weighted by atomic mass is 16.3. The predicted molar refractivity (Wildman–Crippen MR) is 63.0 cm³/mol. The van der Waals surface area contributed by atoms with Crippen molar-refractivity contribution in [3.8, 4) is 0 Å². The van der Waals surface area contributed by atoms with E-state index in [1.807, 2.05) is 11.9 Å². The molecule has 0 saturated carbocycles. The third-order valence-corrected chi connectivity index (χ3v) is 3.09. The third kappa shape index (κ3) is 1.86. The Morgan fingerprint density at radius 2 is 2.13 bits per heavy atom. The smallest absolute Gasteiger partial charge is 0.127 e. The van der Waals surface area contributed by atoms with Crippen LogP contribution in [0.15, 0.2) is 18.2 Å². The lowest BCUT2D eigenvalue weighted by Gasteiger charge is -2.32. The molecule has 0 amide bonds. The van der Waals surface area contributed by atoms with Crippen LogP contribution < -0.4 is 4.90 Å². The van der Waals surface area contributed by atoms with E-state index in [9.17, 15) is 5.11 Å². The largest absolute Gasteiger partial charge is 0.374 e.